The topological polar surface area (TPSA) is 101 Å². The second kappa shape index (κ2) is 8.76. The second-order valence-corrected chi connectivity index (χ2v) is 8.22. The number of nitrogens with one attached hydrogen (secondary N) is 1. The monoisotopic (exact) mass is 437 g/mol. The lowest BCUT2D eigenvalue weighted by Gasteiger charge is -2.23. The van der Waals surface area contributed by atoms with Gasteiger partial charge in [-0.15, -0.1) is 0 Å². The lowest BCUT2D eigenvalue weighted by molar-refractivity contribution is -0.139. The number of halogens is 3. The van der Waals surface area contributed by atoms with Gasteiger partial charge in [0.05, 0.1) is 12.2 Å². The van der Waals surface area contributed by atoms with Gasteiger partial charge in [0.1, 0.15) is 11.8 Å². The van der Waals surface area contributed by atoms with Gasteiger partial charge in [0.2, 0.25) is 11.7 Å². The van der Waals surface area contributed by atoms with Crippen LogP contribution >= 0.6 is 0 Å². The van der Waals surface area contributed by atoms with Crippen LogP contribution in [0.2, 0.25) is 0 Å². The van der Waals surface area contributed by atoms with E-state index in [4.69, 9.17) is 20.4 Å². The van der Waals surface area contributed by atoms with Crippen LogP contribution in [0.25, 0.3) is 11.4 Å². The van der Waals surface area contributed by atoms with Crippen LogP contribution in [0.1, 0.15) is 62.4 Å². The third kappa shape index (κ3) is 4.77. The quantitative estimate of drug-likeness (QED) is 0.517. The molecule has 2 fully saturated rings. The zero-order valence-corrected chi connectivity index (χ0v) is 17.1. The van der Waals surface area contributed by atoms with Gasteiger partial charge in [-0.05, 0) is 49.8 Å². The first kappa shape index (κ1) is 21.5. The number of hydrogen-bond acceptors (Lipinski definition) is 5. The van der Waals surface area contributed by atoms with Crippen molar-refractivity contribution < 1.29 is 22.4 Å². The first-order chi connectivity index (χ1) is 14.8. The van der Waals surface area contributed by atoms with E-state index in [9.17, 15) is 13.2 Å². The molecule has 0 spiro atoms. The zero-order chi connectivity index (χ0) is 22.0. The van der Waals surface area contributed by atoms with E-state index in [-0.39, 0.29) is 41.6 Å². The molecule has 2 aliphatic rings. The van der Waals surface area contributed by atoms with Gasteiger partial charge in [-0.2, -0.15) is 18.2 Å². The van der Waals surface area contributed by atoms with Gasteiger partial charge < -0.3 is 19.9 Å². The van der Waals surface area contributed by atoms with Crippen molar-refractivity contribution in [2.45, 2.75) is 57.2 Å². The van der Waals surface area contributed by atoms with E-state index in [1.54, 1.807) is 4.90 Å². The molecule has 1 aliphatic heterocycles. The molecule has 4 rings (SSSR count). The molecular formula is C21H26F3N5O2. The standard InChI is InChI=1S/C21H26F3N5O2/c22-21(23,24)15-11-14(8-9-17(15)30-12-13-5-2-1-3-6-13)18-27-19(31-28-18)16-7-4-10-29(16)20(25)26/h8-9,11,13,16H,1-7,10,12H2,(H3,25,26). The molecule has 0 bridgehead atoms. The maximum absolute atomic E-state index is 13.7. The molecule has 168 valence electrons. The molecule has 0 radical (unpaired) electrons. The molecule has 1 saturated carbocycles. The Hall–Kier alpha value is -2.78. The Kier molecular flexibility index (Phi) is 6.06. The third-order valence-electron chi connectivity index (χ3n) is 6.03. The Balaban J connectivity index is 1.55. The number of nitrogens with zero attached hydrogens (tertiary/aromatic N) is 3. The summed E-state index contributed by atoms with van der Waals surface area (Å²) in [5.41, 5.74) is 4.94. The van der Waals surface area contributed by atoms with Gasteiger partial charge in [0.15, 0.2) is 5.96 Å². The molecular weight excluding hydrogens is 411 g/mol. The Morgan fingerprint density at radius 3 is 2.68 bits per heavy atom. The van der Waals surface area contributed by atoms with Crippen LogP contribution in [-0.4, -0.2) is 34.2 Å². The molecule has 1 unspecified atom stereocenters. The number of alkyl halides is 3. The van der Waals surface area contributed by atoms with Crippen molar-refractivity contribution in [3.63, 3.8) is 0 Å². The summed E-state index contributed by atoms with van der Waals surface area (Å²) in [5.74, 6) is 0.332. The van der Waals surface area contributed by atoms with E-state index in [0.717, 1.165) is 38.2 Å². The number of hydrogen-bond donors (Lipinski definition) is 2. The van der Waals surface area contributed by atoms with Crippen LogP contribution < -0.4 is 10.5 Å². The lowest BCUT2D eigenvalue weighted by atomic mass is 9.90. The highest BCUT2D eigenvalue weighted by molar-refractivity contribution is 5.75. The number of ether oxygens (including phenoxy) is 1. The normalized spacial score (nSPS) is 20.2. The van der Waals surface area contributed by atoms with Crippen molar-refractivity contribution in [2.75, 3.05) is 13.2 Å². The largest absolute Gasteiger partial charge is 0.493 e. The van der Waals surface area contributed by atoms with Crippen LogP contribution in [0, 0.1) is 11.3 Å². The summed E-state index contributed by atoms with van der Waals surface area (Å²) in [5, 5.41) is 11.5. The summed E-state index contributed by atoms with van der Waals surface area (Å²) in [6.07, 6.45) is 2.28. The highest BCUT2D eigenvalue weighted by Gasteiger charge is 2.36. The summed E-state index contributed by atoms with van der Waals surface area (Å²) in [6, 6.07) is 3.51. The molecule has 2 aromatic rings. The predicted molar refractivity (Wildman–Crippen MR) is 107 cm³/mol. The number of likely N-dealkylation sites (tertiary alicyclic amines) is 1. The molecule has 10 heteroatoms. The smallest absolute Gasteiger partial charge is 0.419 e. The zero-order valence-electron chi connectivity index (χ0n) is 17.1. The van der Waals surface area contributed by atoms with Crippen LogP contribution in [0.3, 0.4) is 0 Å². The first-order valence-electron chi connectivity index (χ1n) is 10.6. The molecule has 1 aromatic carbocycles. The van der Waals surface area contributed by atoms with Crippen molar-refractivity contribution in [3.05, 3.63) is 29.7 Å². The molecule has 1 atom stereocenters. The molecule has 0 amide bonds. The number of nitrogens with two attached hydrogens (primary N) is 1. The van der Waals surface area contributed by atoms with Crippen LogP contribution in [0.5, 0.6) is 5.75 Å². The number of rotatable bonds is 5. The minimum Gasteiger partial charge on any atom is -0.493 e. The van der Waals surface area contributed by atoms with Gasteiger partial charge in [0, 0.05) is 12.1 Å². The molecule has 31 heavy (non-hydrogen) atoms. The van der Waals surface area contributed by atoms with Crippen molar-refractivity contribution >= 4 is 5.96 Å². The third-order valence-corrected chi connectivity index (χ3v) is 6.03. The van der Waals surface area contributed by atoms with E-state index in [2.05, 4.69) is 10.1 Å². The molecule has 1 saturated heterocycles. The predicted octanol–water partition coefficient (Wildman–Crippen LogP) is 4.74. The van der Waals surface area contributed by atoms with E-state index in [1.165, 1.54) is 18.6 Å². The van der Waals surface area contributed by atoms with E-state index >= 15 is 0 Å². The SMILES string of the molecule is N=C(N)N1CCCC1c1nc(-c2ccc(OCC3CCCCC3)c(C(F)(F)F)c2)no1. The summed E-state index contributed by atoms with van der Waals surface area (Å²) in [7, 11) is 0. The fourth-order valence-electron chi connectivity index (χ4n) is 4.38. The van der Waals surface area contributed by atoms with E-state index in [1.807, 2.05) is 0 Å². The molecule has 3 N–H and O–H groups in total. The molecule has 1 aromatic heterocycles. The number of benzene rings is 1. The fraction of sp³-hybridized carbons (Fsp3) is 0.571. The maximum atomic E-state index is 13.7. The van der Waals surface area contributed by atoms with Crippen molar-refractivity contribution in [1.29, 1.82) is 5.41 Å². The second-order valence-electron chi connectivity index (χ2n) is 8.22. The number of aromatic nitrogens is 2. The Morgan fingerprint density at radius 2 is 1.97 bits per heavy atom. The first-order valence-corrected chi connectivity index (χ1v) is 10.6. The van der Waals surface area contributed by atoms with Gasteiger partial charge in [-0.3, -0.25) is 5.41 Å². The minimum atomic E-state index is -4.57. The Morgan fingerprint density at radius 1 is 1.19 bits per heavy atom. The maximum Gasteiger partial charge on any atom is 0.419 e. The van der Waals surface area contributed by atoms with Gasteiger partial charge in [0.25, 0.3) is 0 Å². The van der Waals surface area contributed by atoms with Crippen LogP contribution in [0.15, 0.2) is 22.7 Å². The van der Waals surface area contributed by atoms with Crippen LogP contribution in [-0.2, 0) is 6.18 Å². The molecule has 7 nitrogen and oxygen atoms in total. The Labute approximate surface area is 178 Å². The van der Waals surface area contributed by atoms with E-state index < -0.39 is 11.7 Å². The highest BCUT2D eigenvalue weighted by atomic mass is 19.4. The van der Waals surface area contributed by atoms with Crippen molar-refractivity contribution in [3.8, 4) is 17.1 Å². The average Bonchev–Trinajstić information content (AvgIpc) is 3.42. The van der Waals surface area contributed by atoms with Crippen LogP contribution in [0.4, 0.5) is 13.2 Å². The van der Waals surface area contributed by atoms with Gasteiger partial charge in [-0.25, -0.2) is 0 Å². The molecule has 1 aliphatic carbocycles. The average molecular weight is 437 g/mol. The summed E-state index contributed by atoms with van der Waals surface area (Å²) < 4.78 is 52.0. The van der Waals surface area contributed by atoms with Gasteiger partial charge in [-0.1, -0.05) is 24.4 Å². The Bertz CT molecular complexity index is 924. The summed E-state index contributed by atoms with van der Waals surface area (Å²) in [6.45, 7) is 0.889. The highest BCUT2D eigenvalue weighted by Crippen LogP contribution is 2.39. The van der Waals surface area contributed by atoms with Gasteiger partial charge >= 0.3 is 6.18 Å². The lowest BCUT2D eigenvalue weighted by Crippen LogP contribution is -2.35. The van der Waals surface area contributed by atoms with Crippen molar-refractivity contribution in [1.82, 2.24) is 15.0 Å². The van der Waals surface area contributed by atoms with E-state index in [0.29, 0.717) is 18.9 Å². The molecule has 2 heterocycles. The summed E-state index contributed by atoms with van der Waals surface area (Å²) >= 11 is 0. The van der Waals surface area contributed by atoms with Crippen molar-refractivity contribution in [2.24, 2.45) is 11.7 Å². The minimum absolute atomic E-state index is 0.0646. The summed E-state index contributed by atoms with van der Waals surface area (Å²) in [4.78, 5) is 5.93. The fourth-order valence-corrected chi connectivity index (χ4v) is 4.38. The number of guanidine groups is 1.